The zero-order chi connectivity index (χ0) is 20.6. The Bertz CT molecular complexity index is 1010. The van der Waals surface area contributed by atoms with Crippen LogP contribution in [0.5, 0.6) is 0 Å². The second-order valence-electron chi connectivity index (χ2n) is 8.40. The monoisotopic (exact) mass is 421 g/mol. The van der Waals surface area contributed by atoms with E-state index in [4.69, 9.17) is 4.74 Å². The van der Waals surface area contributed by atoms with Crippen LogP contribution in [-0.2, 0) is 14.6 Å². The highest BCUT2D eigenvalue weighted by Gasteiger charge is 2.30. The first-order chi connectivity index (χ1) is 13.9. The van der Waals surface area contributed by atoms with Crippen molar-refractivity contribution < 1.29 is 13.2 Å². The van der Waals surface area contributed by atoms with Gasteiger partial charge in [-0.3, -0.25) is 4.57 Å². The Hall–Kier alpha value is -1.64. The van der Waals surface area contributed by atoms with E-state index in [0.29, 0.717) is 23.2 Å². The molecular formula is C21H31N3O4S. The minimum absolute atomic E-state index is 0.0991. The molecule has 0 amide bonds. The molecule has 1 aromatic heterocycles. The summed E-state index contributed by atoms with van der Waals surface area (Å²) in [7, 11) is -3.31. The predicted octanol–water partition coefficient (Wildman–Crippen LogP) is 2.72. The topological polar surface area (TPSA) is 84.4 Å². The highest BCUT2D eigenvalue weighted by atomic mass is 32.2. The van der Waals surface area contributed by atoms with E-state index in [1.807, 2.05) is 0 Å². The first kappa shape index (κ1) is 20.6. The molecule has 2 fully saturated rings. The van der Waals surface area contributed by atoms with E-state index in [9.17, 15) is 13.2 Å². The Morgan fingerprint density at radius 3 is 2.38 bits per heavy atom. The number of hydrogen-bond donors (Lipinski definition) is 1. The average molecular weight is 422 g/mol. The fourth-order valence-corrected chi connectivity index (χ4v) is 5.66. The van der Waals surface area contributed by atoms with Crippen LogP contribution in [0.4, 0.5) is 0 Å². The molecule has 7 nitrogen and oxygen atoms in total. The normalized spacial score (nSPS) is 24.9. The predicted molar refractivity (Wildman–Crippen MR) is 113 cm³/mol. The average Bonchev–Trinajstić information content (AvgIpc) is 3.03. The van der Waals surface area contributed by atoms with E-state index in [2.05, 4.69) is 16.8 Å². The summed E-state index contributed by atoms with van der Waals surface area (Å²) in [5, 5.41) is 0. The van der Waals surface area contributed by atoms with Crippen LogP contribution in [0.15, 0.2) is 27.9 Å². The van der Waals surface area contributed by atoms with Crippen molar-refractivity contribution in [3.8, 4) is 0 Å². The molecule has 2 heterocycles. The lowest BCUT2D eigenvalue weighted by molar-refractivity contribution is 0.00796. The van der Waals surface area contributed by atoms with Gasteiger partial charge in [0.2, 0.25) is 0 Å². The highest BCUT2D eigenvalue weighted by Crippen LogP contribution is 2.31. The molecule has 2 aliphatic rings. The van der Waals surface area contributed by atoms with Gasteiger partial charge >= 0.3 is 5.69 Å². The Balaban J connectivity index is 1.47. The van der Waals surface area contributed by atoms with Crippen LogP contribution in [0.25, 0.3) is 11.0 Å². The zero-order valence-corrected chi connectivity index (χ0v) is 18.1. The molecule has 8 heteroatoms. The number of H-pyrrole nitrogens is 1. The first-order valence-electron chi connectivity index (χ1n) is 10.7. The van der Waals surface area contributed by atoms with Gasteiger partial charge < -0.3 is 14.6 Å². The molecule has 1 aromatic carbocycles. The summed E-state index contributed by atoms with van der Waals surface area (Å²) < 4.78 is 31.4. The number of sulfone groups is 1. The maximum absolute atomic E-state index is 12.6. The van der Waals surface area contributed by atoms with E-state index < -0.39 is 9.84 Å². The number of ether oxygens (including phenoxy) is 1. The largest absolute Gasteiger partial charge is 0.379 e. The number of fused-ring (bicyclic) bond motifs is 1. The number of benzene rings is 1. The van der Waals surface area contributed by atoms with E-state index in [1.54, 1.807) is 22.8 Å². The van der Waals surface area contributed by atoms with Gasteiger partial charge in [0.15, 0.2) is 9.84 Å². The molecule has 0 radical (unpaired) electrons. The minimum atomic E-state index is -3.31. The van der Waals surface area contributed by atoms with Gasteiger partial charge in [0.1, 0.15) is 0 Å². The zero-order valence-electron chi connectivity index (χ0n) is 17.3. The van der Waals surface area contributed by atoms with Crippen LogP contribution in [-0.4, -0.2) is 61.0 Å². The Morgan fingerprint density at radius 2 is 1.76 bits per heavy atom. The van der Waals surface area contributed by atoms with Crippen molar-refractivity contribution in [2.75, 3.05) is 26.0 Å². The van der Waals surface area contributed by atoms with Crippen molar-refractivity contribution in [2.24, 2.45) is 0 Å². The maximum Gasteiger partial charge on any atom is 0.326 e. The summed E-state index contributed by atoms with van der Waals surface area (Å²) in [5.41, 5.74) is 1.23. The van der Waals surface area contributed by atoms with Crippen LogP contribution >= 0.6 is 0 Å². The van der Waals surface area contributed by atoms with E-state index >= 15 is 0 Å². The molecule has 0 unspecified atom stereocenters. The summed E-state index contributed by atoms with van der Waals surface area (Å²) in [6.45, 7) is 4.79. The SMILES string of the molecule is CCOC1CCC(N2CCC(n3c(=O)[nH]c4ccc(S(C)(=O)=O)cc43)CC2)CC1. The molecule has 4 rings (SSSR count). The number of aromatic nitrogens is 2. The number of aromatic amines is 1. The van der Waals surface area contributed by atoms with Crippen LogP contribution in [0.1, 0.15) is 51.5 Å². The van der Waals surface area contributed by atoms with Gasteiger partial charge in [0.25, 0.3) is 0 Å². The van der Waals surface area contributed by atoms with Gasteiger partial charge in [0, 0.05) is 38.0 Å². The van der Waals surface area contributed by atoms with Gasteiger partial charge in [-0.25, -0.2) is 13.2 Å². The standard InChI is InChI=1S/C21H31N3O4S/c1-3-28-17-6-4-15(5-7-17)23-12-10-16(11-13-23)24-20-14-18(29(2,26)27)8-9-19(20)22-21(24)25/h8-9,14-17H,3-7,10-13H2,1-2H3,(H,22,25). The van der Waals surface area contributed by atoms with Crippen LogP contribution in [0.2, 0.25) is 0 Å². The molecule has 160 valence electrons. The van der Waals surface area contributed by atoms with Gasteiger partial charge in [-0.2, -0.15) is 0 Å². The number of imidazole rings is 1. The van der Waals surface area contributed by atoms with Crippen molar-refractivity contribution in [1.82, 2.24) is 14.5 Å². The molecule has 0 atom stereocenters. The number of hydrogen-bond acceptors (Lipinski definition) is 5. The number of nitrogens with zero attached hydrogens (tertiary/aromatic N) is 2. The third kappa shape index (κ3) is 4.29. The van der Waals surface area contributed by atoms with Crippen molar-refractivity contribution in [3.05, 3.63) is 28.7 Å². The smallest absolute Gasteiger partial charge is 0.326 e. The summed E-state index contributed by atoms with van der Waals surface area (Å²) in [6.07, 6.45) is 8.05. The lowest BCUT2D eigenvalue weighted by atomic mass is 9.90. The number of rotatable bonds is 5. The van der Waals surface area contributed by atoms with Crippen LogP contribution in [0.3, 0.4) is 0 Å². The number of piperidine rings is 1. The third-order valence-electron chi connectivity index (χ3n) is 6.54. The molecule has 1 saturated carbocycles. The molecular weight excluding hydrogens is 390 g/mol. The van der Waals surface area contributed by atoms with Crippen LogP contribution in [0, 0.1) is 0 Å². The number of nitrogens with one attached hydrogen (secondary N) is 1. The molecule has 29 heavy (non-hydrogen) atoms. The molecule has 1 aliphatic carbocycles. The van der Waals surface area contributed by atoms with Crippen molar-refractivity contribution in [3.63, 3.8) is 0 Å². The minimum Gasteiger partial charge on any atom is -0.379 e. The van der Waals surface area contributed by atoms with Crippen molar-refractivity contribution in [1.29, 1.82) is 0 Å². The Morgan fingerprint density at radius 1 is 1.07 bits per heavy atom. The highest BCUT2D eigenvalue weighted by molar-refractivity contribution is 7.90. The van der Waals surface area contributed by atoms with Gasteiger partial charge in [0.05, 0.1) is 22.0 Å². The maximum atomic E-state index is 12.6. The van der Waals surface area contributed by atoms with Gasteiger partial charge in [-0.1, -0.05) is 0 Å². The second-order valence-corrected chi connectivity index (χ2v) is 10.4. The molecule has 1 aliphatic heterocycles. The van der Waals surface area contributed by atoms with Crippen molar-refractivity contribution in [2.45, 2.75) is 68.5 Å². The lowest BCUT2D eigenvalue weighted by Crippen LogP contribution is -2.45. The van der Waals surface area contributed by atoms with E-state index in [0.717, 1.165) is 45.4 Å². The molecule has 0 bridgehead atoms. The van der Waals surface area contributed by atoms with E-state index in [-0.39, 0.29) is 16.6 Å². The van der Waals surface area contributed by atoms with Gasteiger partial charge in [-0.15, -0.1) is 0 Å². The quantitative estimate of drug-likeness (QED) is 0.802. The van der Waals surface area contributed by atoms with Gasteiger partial charge in [-0.05, 0) is 63.6 Å². The summed E-state index contributed by atoms with van der Waals surface area (Å²) in [6, 6.07) is 5.59. The summed E-state index contributed by atoms with van der Waals surface area (Å²) in [4.78, 5) is 18.3. The van der Waals surface area contributed by atoms with E-state index in [1.165, 1.54) is 19.1 Å². The number of likely N-dealkylation sites (tertiary alicyclic amines) is 1. The third-order valence-corrected chi connectivity index (χ3v) is 7.65. The molecule has 2 aromatic rings. The fraction of sp³-hybridized carbons (Fsp3) is 0.667. The second kappa shape index (κ2) is 8.24. The summed E-state index contributed by atoms with van der Waals surface area (Å²) >= 11 is 0. The molecule has 1 saturated heterocycles. The summed E-state index contributed by atoms with van der Waals surface area (Å²) in [5.74, 6) is 0. The molecule has 1 N–H and O–H groups in total. The first-order valence-corrected chi connectivity index (χ1v) is 12.6. The van der Waals surface area contributed by atoms with Crippen molar-refractivity contribution >= 4 is 20.9 Å². The lowest BCUT2D eigenvalue weighted by Gasteiger charge is -2.40. The molecule has 0 spiro atoms. The Labute approximate surface area is 172 Å². The van der Waals surface area contributed by atoms with Crippen LogP contribution < -0.4 is 5.69 Å². The fourth-order valence-electron chi connectivity index (χ4n) is 5.02. The Kier molecular flexibility index (Phi) is 5.86.